The van der Waals surface area contributed by atoms with Crippen molar-refractivity contribution in [2.45, 2.75) is 47.5 Å². The van der Waals surface area contributed by atoms with Crippen molar-refractivity contribution in [1.82, 2.24) is 29.9 Å². The quantitative estimate of drug-likeness (QED) is 0.0447. The summed E-state index contributed by atoms with van der Waals surface area (Å²) in [6.07, 6.45) is -5.94. The molecule has 0 bridgehead atoms. The summed E-state index contributed by atoms with van der Waals surface area (Å²) in [7, 11) is 0. The molecule has 0 radical (unpaired) electrons. The molecule has 0 amide bonds. The topological polar surface area (TPSA) is 168 Å². The largest absolute Gasteiger partial charge is 0.417 e. The fourth-order valence-electron chi connectivity index (χ4n) is 5.18. The van der Waals surface area contributed by atoms with Crippen LogP contribution in [0.4, 0.5) is 49.5 Å². The number of rotatable bonds is 10. The lowest BCUT2D eigenvalue weighted by molar-refractivity contribution is -0.137. The molecule has 62 heavy (non-hydrogen) atoms. The molecule has 6 rings (SSSR count). The second-order valence-electron chi connectivity index (χ2n) is 12.9. The van der Waals surface area contributed by atoms with Gasteiger partial charge in [-0.2, -0.15) is 31.6 Å². The van der Waals surface area contributed by atoms with E-state index in [1.54, 1.807) is 45.0 Å². The van der Waals surface area contributed by atoms with Crippen LogP contribution in [0, 0.1) is 45.6 Å². The first-order chi connectivity index (χ1) is 29.0. The van der Waals surface area contributed by atoms with Crippen LogP contribution >= 0.6 is 11.6 Å². The summed E-state index contributed by atoms with van der Waals surface area (Å²) in [5.41, 5.74) is 7.23. The minimum atomic E-state index is -4.50. The summed E-state index contributed by atoms with van der Waals surface area (Å²) in [6, 6.07) is 19.3. The first-order valence-electron chi connectivity index (χ1n) is 18.3. The highest BCUT2D eigenvalue weighted by atomic mass is 35.5. The van der Waals surface area contributed by atoms with Crippen molar-refractivity contribution >= 4 is 34.7 Å². The Morgan fingerprint density at radius 3 is 1.65 bits per heavy atom. The Bertz CT molecular complexity index is 2460. The molecule has 4 heterocycles. The highest BCUT2D eigenvalue weighted by molar-refractivity contribution is 6.30. The number of nitrogens with zero attached hydrogens (tertiary/aromatic N) is 8. The number of hydrogen-bond donors (Lipinski definition) is 4. The average molecular weight is 877 g/mol. The smallest absolute Gasteiger partial charge is 0.369 e. The molecule has 12 nitrogen and oxygen atoms in total. The van der Waals surface area contributed by atoms with Gasteiger partial charge in [0.15, 0.2) is 11.6 Å². The van der Waals surface area contributed by atoms with E-state index >= 15 is 0 Å². The Labute approximate surface area is 360 Å². The van der Waals surface area contributed by atoms with Gasteiger partial charge in [0, 0.05) is 72.2 Å². The molecule has 6 aromatic rings. The van der Waals surface area contributed by atoms with E-state index in [0.717, 1.165) is 23.5 Å². The molecule has 0 spiro atoms. The molecule has 324 valence electrons. The van der Waals surface area contributed by atoms with Gasteiger partial charge in [0.25, 0.3) is 0 Å². The summed E-state index contributed by atoms with van der Waals surface area (Å²) >= 11 is 5.90. The molecule has 2 aromatic carbocycles. The van der Waals surface area contributed by atoms with E-state index in [9.17, 15) is 26.3 Å². The predicted octanol–water partition coefficient (Wildman–Crippen LogP) is 10.6. The van der Waals surface area contributed by atoms with Gasteiger partial charge in [-0.1, -0.05) is 61.5 Å². The van der Waals surface area contributed by atoms with Crippen LogP contribution in [0.25, 0.3) is 27.6 Å². The van der Waals surface area contributed by atoms with Gasteiger partial charge in [-0.25, -0.2) is 29.8 Å². The molecule has 0 fully saturated rings. The molecule has 0 saturated carbocycles. The summed E-state index contributed by atoms with van der Waals surface area (Å²) in [4.78, 5) is 28.0. The second kappa shape index (κ2) is 22.6. The lowest BCUT2D eigenvalue weighted by atomic mass is 10.1. The van der Waals surface area contributed by atoms with Crippen LogP contribution in [-0.4, -0.2) is 56.1 Å². The normalized spacial score (nSPS) is 10.7. The van der Waals surface area contributed by atoms with Crippen molar-refractivity contribution in [3.8, 4) is 28.8 Å². The first kappa shape index (κ1) is 49.5. The van der Waals surface area contributed by atoms with E-state index < -0.39 is 23.5 Å². The van der Waals surface area contributed by atoms with Crippen molar-refractivity contribution in [3.63, 3.8) is 0 Å². The Morgan fingerprint density at radius 2 is 1.18 bits per heavy atom. The van der Waals surface area contributed by atoms with Crippen molar-refractivity contribution in [2.75, 3.05) is 42.1 Å². The number of pyridine rings is 2. The number of alkyl halides is 6. The Kier molecular flexibility index (Phi) is 18.1. The third-order valence-electron chi connectivity index (χ3n) is 8.61. The van der Waals surface area contributed by atoms with Crippen LogP contribution in [0.15, 0.2) is 85.2 Å². The van der Waals surface area contributed by atoms with Crippen LogP contribution in [-0.2, 0) is 12.4 Å². The maximum absolute atomic E-state index is 13.4. The highest BCUT2D eigenvalue weighted by Crippen LogP contribution is 2.37. The van der Waals surface area contributed by atoms with Gasteiger partial charge in [-0.3, -0.25) is 4.98 Å². The molecule has 0 atom stereocenters. The van der Waals surface area contributed by atoms with E-state index in [0.29, 0.717) is 66.0 Å². The third-order valence-corrected chi connectivity index (χ3v) is 8.98. The number of nitriles is 1. The van der Waals surface area contributed by atoms with E-state index in [-0.39, 0.29) is 35.4 Å². The van der Waals surface area contributed by atoms with Crippen molar-refractivity contribution in [1.29, 1.82) is 5.26 Å². The Balaban J connectivity index is 0.000000273. The molecule has 0 aliphatic carbocycles. The molecule has 0 unspecified atom stereocenters. The molecule has 19 heteroatoms. The summed E-state index contributed by atoms with van der Waals surface area (Å²) in [6.45, 7) is 15.9. The molecule has 5 N–H and O–H groups in total. The zero-order valence-corrected chi connectivity index (χ0v) is 34.0. The zero-order chi connectivity index (χ0) is 44.7. The van der Waals surface area contributed by atoms with E-state index in [1.165, 1.54) is 48.8 Å². The van der Waals surface area contributed by atoms with Gasteiger partial charge >= 0.3 is 12.4 Å². The highest BCUT2D eigenvalue weighted by Gasteiger charge is 2.35. The fourth-order valence-corrected chi connectivity index (χ4v) is 5.40. The lowest BCUT2D eigenvalue weighted by Gasteiger charge is -2.15. The van der Waals surface area contributed by atoms with Gasteiger partial charge in [0.1, 0.15) is 28.7 Å². The Hall–Kier alpha value is -6.89. The Morgan fingerprint density at radius 1 is 0.677 bits per heavy atom. The molecule has 0 saturated heterocycles. The lowest BCUT2D eigenvalue weighted by Crippen LogP contribution is -2.17. The van der Waals surface area contributed by atoms with Gasteiger partial charge in [-0.15, -0.1) is 0 Å². The van der Waals surface area contributed by atoms with Crippen LogP contribution in [0.2, 0.25) is 5.15 Å². The van der Waals surface area contributed by atoms with E-state index in [1.807, 2.05) is 13.0 Å². The van der Waals surface area contributed by atoms with Gasteiger partial charge in [0.2, 0.25) is 5.69 Å². The zero-order valence-electron chi connectivity index (χ0n) is 33.2. The summed E-state index contributed by atoms with van der Waals surface area (Å²) < 4.78 is 78.9. The predicted molar refractivity (Wildman–Crippen MR) is 230 cm³/mol. The minimum Gasteiger partial charge on any atom is -0.369 e. The van der Waals surface area contributed by atoms with Gasteiger partial charge in [0.05, 0.1) is 23.3 Å². The van der Waals surface area contributed by atoms with Crippen molar-refractivity contribution < 1.29 is 26.3 Å². The van der Waals surface area contributed by atoms with E-state index in [2.05, 4.69) is 50.7 Å². The monoisotopic (exact) mass is 876 g/mol. The summed E-state index contributed by atoms with van der Waals surface area (Å²) in [5.74, 6) is 1.86. The van der Waals surface area contributed by atoms with Crippen molar-refractivity contribution in [3.05, 3.63) is 141 Å². The number of aryl methyl sites for hydroxylation is 2. The van der Waals surface area contributed by atoms with Crippen LogP contribution in [0.3, 0.4) is 0 Å². The first-order valence-corrected chi connectivity index (χ1v) is 18.6. The SMILES string of the molecule is C.Cc1nc(-c2ccccc2C(F)(F)F)nc(Cl)c1C.Cc1nc(-c2ccccc2C(F)(F)F)nc(NCCNc2ccc(C#N)cn2)c1C.[C-]#[N+]c1ccc(NCCN)nc1. The molecule has 0 aliphatic heterocycles. The number of aromatic nitrogens is 6. The van der Waals surface area contributed by atoms with Crippen LogP contribution < -0.4 is 21.7 Å². The maximum atomic E-state index is 13.4. The average Bonchev–Trinajstić information content (AvgIpc) is 3.25. The standard InChI is InChI=1S/C21H19F3N6.C13H10ClF3N2.C8H10N4.CH4/c1-13-14(2)29-20(16-5-3-4-6-17(16)21(22,23)24)30-19(13)27-10-9-26-18-8-7-15(11-25)12-28-18;1-7-8(2)18-12(19-11(7)14)9-5-3-4-6-10(9)13(15,16)17;1-10-7-2-3-8(12-6-7)11-5-4-9;/h3-8,12H,9-10H2,1-2H3,(H,26,28)(H,27,29,30);3-6H,1-2H3;2-3,6H,4-5,9H2,(H,11,12);1H4. The van der Waals surface area contributed by atoms with E-state index in [4.69, 9.17) is 29.2 Å². The number of nitrogens with two attached hydrogens (primary N) is 1. The molecule has 0 aliphatic rings. The molecular weight excluding hydrogens is 834 g/mol. The van der Waals surface area contributed by atoms with Gasteiger partial charge in [-0.05, 0) is 58.0 Å². The molecular formula is C43H43ClF6N12. The van der Waals surface area contributed by atoms with Crippen LogP contribution in [0.1, 0.15) is 46.6 Å². The number of halogens is 7. The summed E-state index contributed by atoms with van der Waals surface area (Å²) in [5, 5.41) is 18.2. The number of nitrogens with one attached hydrogen (secondary N) is 3. The fraction of sp³-hybridized carbons (Fsp3) is 0.256. The second-order valence-corrected chi connectivity index (χ2v) is 13.2. The number of anilines is 3. The maximum Gasteiger partial charge on any atom is 0.417 e. The molecule has 4 aromatic heterocycles. The number of hydrogen-bond acceptors (Lipinski definition) is 11. The van der Waals surface area contributed by atoms with Gasteiger partial charge < -0.3 is 21.7 Å². The minimum absolute atomic E-state index is 0. The number of benzene rings is 2. The van der Waals surface area contributed by atoms with Crippen LogP contribution in [0.5, 0.6) is 0 Å². The van der Waals surface area contributed by atoms with Crippen molar-refractivity contribution in [2.24, 2.45) is 5.73 Å². The third kappa shape index (κ3) is 13.8.